The molecule has 0 aliphatic heterocycles. The van der Waals surface area contributed by atoms with Gasteiger partial charge in [0.25, 0.3) is 5.91 Å². The van der Waals surface area contributed by atoms with Crippen molar-refractivity contribution in [1.82, 2.24) is 20.2 Å². The van der Waals surface area contributed by atoms with Gasteiger partial charge in [-0.1, -0.05) is 35.1 Å². The van der Waals surface area contributed by atoms with Crippen LogP contribution in [-0.2, 0) is 0 Å². The first-order chi connectivity index (χ1) is 16.6. The van der Waals surface area contributed by atoms with Gasteiger partial charge in [0.15, 0.2) is 0 Å². The molecule has 3 aromatic heterocycles. The van der Waals surface area contributed by atoms with Crippen LogP contribution in [0.25, 0.3) is 11.1 Å². The van der Waals surface area contributed by atoms with Gasteiger partial charge < -0.3 is 4.74 Å². The largest absolute Gasteiger partial charge is 0.494 e. The standard InChI is InChI=1S/C24H17ClN6O2S/c1-33-20-12-28-21(25)9-17(20)19-11-27-7-6-15(19)22(32)29-24-31-30-23(34-24)18-8-16(18)14-4-2-13(10-26)3-5-14/h2-7,9,11-12,16,18H,8H2,1H3,(H,29,31,32)/t16-,18+/m1/s1. The number of nitrogens with one attached hydrogen (secondary N) is 1. The van der Waals surface area contributed by atoms with Gasteiger partial charge in [0.2, 0.25) is 5.13 Å². The average Bonchev–Trinajstić information content (AvgIpc) is 3.54. The maximum atomic E-state index is 13.1. The molecule has 0 radical (unpaired) electrons. The summed E-state index contributed by atoms with van der Waals surface area (Å²) in [5, 5.41) is 21.9. The van der Waals surface area contributed by atoms with Crippen molar-refractivity contribution in [1.29, 1.82) is 5.26 Å². The van der Waals surface area contributed by atoms with E-state index in [0.717, 1.165) is 11.4 Å². The summed E-state index contributed by atoms with van der Waals surface area (Å²) in [6.45, 7) is 0. The van der Waals surface area contributed by atoms with Crippen molar-refractivity contribution in [2.24, 2.45) is 0 Å². The van der Waals surface area contributed by atoms with Crippen LogP contribution >= 0.6 is 22.9 Å². The third-order valence-corrected chi connectivity index (χ3v) is 6.82. The molecule has 0 unspecified atom stereocenters. The Hall–Kier alpha value is -3.87. The molecule has 3 heterocycles. The Kier molecular flexibility index (Phi) is 5.92. The Morgan fingerprint density at radius 3 is 2.76 bits per heavy atom. The molecule has 1 aliphatic carbocycles. The van der Waals surface area contributed by atoms with E-state index in [1.165, 1.54) is 30.2 Å². The highest BCUT2D eigenvalue weighted by Gasteiger charge is 2.42. The fourth-order valence-electron chi connectivity index (χ4n) is 3.84. The summed E-state index contributed by atoms with van der Waals surface area (Å²) in [6, 6.07) is 13.0. The molecule has 1 saturated carbocycles. The predicted octanol–water partition coefficient (Wildman–Crippen LogP) is 5.05. The lowest BCUT2D eigenvalue weighted by atomic mass is 10.0. The van der Waals surface area contributed by atoms with Gasteiger partial charge in [-0.15, -0.1) is 10.2 Å². The molecular weight excluding hydrogens is 472 g/mol. The molecule has 1 fully saturated rings. The number of benzene rings is 1. The number of carbonyl (C=O) groups is 1. The minimum absolute atomic E-state index is 0.260. The number of amides is 1. The number of nitrogens with zero attached hydrogens (tertiary/aromatic N) is 5. The molecule has 8 nitrogen and oxygen atoms in total. The number of carbonyl (C=O) groups excluding carboxylic acids is 1. The normalized spacial score (nSPS) is 16.5. The van der Waals surface area contributed by atoms with Gasteiger partial charge in [-0.2, -0.15) is 5.26 Å². The fourth-order valence-corrected chi connectivity index (χ4v) is 4.91. The molecule has 34 heavy (non-hydrogen) atoms. The number of anilines is 1. The maximum Gasteiger partial charge on any atom is 0.258 e. The van der Waals surface area contributed by atoms with Crippen LogP contribution in [-0.4, -0.2) is 33.2 Å². The Labute approximate surface area is 204 Å². The summed E-state index contributed by atoms with van der Waals surface area (Å²) in [5.74, 6) is 0.748. The third-order valence-electron chi connectivity index (χ3n) is 5.65. The van der Waals surface area contributed by atoms with E-state index in [2.05, 4.69) is 31.6 Å². The lowest BCUT2D eigenvalue weighted by Gasteiger charge is -2.12. The molecule has 1 aromatic carbocycles. The highest BCUT2D eigenvalue weighted by Crippen LogP contribution is 2.55. The lowest BCUT2D eigenvalue weighted by Crippen LogP contribution is -2.13. The predicted molar refractivity (Wildman–Crippen MR) is 128 cm³/mol. The van der Waals surface area contributed by atoms with Crippen LogP contribution < -0.4 is 10.1 Å². The molecule has 10 heteroatoms. The molecular formula is C24H17ClN6O2S. The number of ether oxygens (including phenoxy) is 1. The van der Waals surface area contributed by atoms with Crippen molar-refractivity contribution < 1.29 is 9.53 Å². The summed E-state index contributed by atoms with van der Waals surface area (Å²) in [6.07, 6.45) is 5.60. The molecule has 0 spiro atoms. The van der Waals surface area contributed by atoms with Crippen molar-refractivity contribution in [2.45, 2.75) is 18.3 Å². The monoisotopic (exact) mass is 488 g/mol. The Morgan fingerprint density at radius 2 is 2.00 bits per heavy atom. The summed E-state index contributed by atoms with van der Waals surface area (Å²) in [7, 11) is 1.52. The number of methoxy groups -OCH3 is 1. The molecule has 168 valence electrons. The van der Waals surface area contributed by atoms with Crippen LogP contribution in [0.1, 0.15) is 44.7 Å². The molecule has 1 N–H and O–H groups in total. The Morgan fingerprint density at radius 1 is 1.18 bits per heavy atom. The van der Waals surface area contributed by atoms with Crippen LogP contribution in [0.3, 0.4) is 0 Å². The zero-order valence-electron chi connectivity index (χ0n) is 17.9. The van der Waals surface area contributed by atoms with E-state index in [9.17, 15) is 4.79 Å². The van der Waals surface area contributed by atoms with Gasteiger partial charge in [0.1, 0.15) is 15.9 Å². The highest BCUT2D eigenvalue weighted by atomic mass is 35.5. The van der Waals surface area contributed by atoms with E-state index in [1.807, 2.05) is 24.3 Å². The second-order valence-electron chi connectivity index (χ2n) is 7.71. The number of halogens is 1. The summed E-state index contributed by atoms with van der Waals surface area (Å²) in [5.41, 5.74) is 3.39. The van der Waals surface area contributed by atoms with Crippen molar-refractivity contribution in [3.05, 3.63) is 81.8 Å². The lowest BCUT2D eigenvalue weighted by molar-refractivity contribution is 0.102. The minimum atomic E-state index is -0.338. The Balaban J connectivity index is 1.33. The average molecular weight is 489 g/mol. The molecule has 2 atom stereocenters. The van der Waals surface area contributed by atoms with Gasteiger partial charge in [-0.25, -0.2) is 4.98 Å². The van der Waals surface area contributed by atoms with Crippen molar-refractivity contribution >= 4 is 34.0 Å². The number of hydrogen-bond acceptors (Lipinski definition) is 8. The van der Waals surface area contributed by atoms with E-state index < -0.39 is 0 Å². The van der Waals surface area contributed by atoms with E-state index in [0.29, 0.717) is 39.1 Å². The number of nitriles is 1. The second-order valence-corrected chi connectivity index (χ2v) is 9.11. The van der Waals surface area contributed by atoms with Gasteiger partial charge in [-0.05, 0) is 42.2 Å². The van der Waals surface area contributed by atoms with E-state index >= 15 is 0 Å². The van der Waals surface area contributed by atoms with Crippen LogP contribution in [0.2, 0.25) is 5.15 Å². The summed E-state index contributed by atoms with van der Waals surface area (Å²) >= 11 is 7.44. The summed E-state index contributed by atoms with van der Waals surface area (Å²) in [4.78, 5) is 21.3. The first-order valence-corrected chi connectivity index (χ1v) is 11.6. The van der Waals surface area contributed by atoms with E-state index in [4.69, 9.17) is 21.6 Å². The van der Waals surface area contributed by atoms with Crippen LogP contribution in [0, 0.1) is 11.3 Å². The first-order valence-electron chi connectivity index (χ1n) is 10.4. The number of pyridine rings is 2. The smallest absolute Gasteiger partial charge is 0.258 e. The topological polar surface area (TPSA) is 114 Å². The van der Waals surface area contributed by atoms with Crippen LogP contribution in [0.15, 0.2) is 55.0 Å². The van der Waals surface area contributed by atoms with E-state index in [1.54, 1.807) is 24.5 Å². The third kappa shape index (κ3) is 4.33. The molecule has 0 bridgehead atoms. The van der Waals surface area contributed by atoms with Crippen LogP contribution in [0.4, 0.5) is 5.13 Å². The number of aromatic nitrogens is 4. The Bertz CT molecular complexity index is 1420. The molecule has 5 rings (SSSR count). The maximum absolute atomic E-state index is 13.1. The minimum Gasteiger partial charge on any atom is -0.494 e. The van der Waals surface area contributed by atoms with Gasteiger partial charge >= 0.3 is 0 Å². The van der Waals surface area contributed by atoms with Gasteiger partial charge in [0.05, 0.1) is 30.5 Å². The van der Waals surface area contributed by atoms with Gasteiger partial charge in [-0.3, -0.25) is 15.1 Å². The SMILES string of the molecule is COc1cnc(Cl)cc1-c1cnccc1C(=O)Nc1nnc([C@H]2C[C@@H]2c2ccc(C#N)cc2)s1. The number of rotatable bonds is 6. The highest BCUT2D eigenvalue weighted by molar-refractivity contribution is 7.15. The van der Waals surface area contributed by atoms with Crippen molar-refractivity contribution in [3.8, 4) is 22.9 Å². The molecule has 0 saturated heterocycles. The van der Waals surface area contributed by atoms with Crippen LogP contribution in [0.5, 0.6) is 5.75 Å². The van der Waals surface area contributed by atoms with E-state index in [-0.39, 0.29) is 17.0 Å². The zero-order chi connectivity index (χ0) is 23.7. The second kappa shape index (κ2) is 9.17. The molecule has 1 amide bonds. The zero-order valence-corrected chi connectivity index (χ0v) is 19.5. The fraction of sp³-hybridized carbons (Fsp3) is 0.167. The first kappa shape index (κ1) is 21.9. The van der Waals surface area contributed by atoms with Crippen molar-refractivity contribution in [3.63, 3.8) is 0 Å². The van der Waals surface area contributed by atoms with Gasteiger partial charge in [0, 0.05) is 29.4 Å². The van der Waals surface area contributed by atoms with Crippen molar-refractivity contribution in [2.75, 3.05) is 12.4 Å². The summed E-state index contributed by atoms with van der Waals surface area (Å²) < 4.78 is 5.39. The number of hydrogen-bond donors (Lipinski definition) is 1. The molecule has 4 aromatic rings. The molecule has 1 aliphatic rings. The quantitative estimate of drug-likeness (QED) is 0.377.